The molecule has 3 nitrogen and oxygen atoms in total. The normalized spacial score (nSPS) is 10.2. The molecular formula is C14H14BrN3S. The maximum absolute atomic E-state index is 5.70. The topological polar surface area (TPSA) is 42.2 Å². The Balaban J connectivity index is 2.22. The van der Waals surface area contributed by atoms with Crippen molar-refractivity contribution in [1.82, 2.24) is 4.98 Å². The summed E-state index contributed by atoms with van der Waals surface area (Å²) in [6.07, 6.45) is 1.70. The van der Waals surface area contributed by atoms with Gasteiger partial charge in [0, 0.05) is 24.3 Å². The summed E-state index contributed by atoms with van der Waals surface area (Å²) in [4.78, 5) is 6.65. The number of halogens is 1. The number of rotatable bonds is 4. The first-order valence-corrected chi connectivity index (χ1v) is 6.98. The van der Waals surface area contributed by atoms with Gasteiger partial charge in [-0.15, -0.1) is 0 Å². The van der Waals surface area contributed by atoms with Crippen LogP contribution in [0.2, 0.25) is 0 Å². The summed E-state index contributed by atoms with van der Waals surface area (Å²) in [5.74, 6) is 0. The van der Waals surface area contributed by atoms with E-state index in [9.17, 15) is 0 Å². The van der Waals surface area contributed by atoms with E-state index in [1.807, 2.05) is 31.3 Å². The predicted octanol–water partition coefficient (Wildman–Crippen LogP) is 3.11. The number of benzene rings is 1. The standard InChI is InChI=1S/C14H14BrN3S/c1-18(9-10-4-6-11(15)7-5-10)12-3-2-8-17-13(12)14(16)19/h2-8H,9H2,1H3,(H2,16,19). The van der Waals surface area contributed by atoms with Crippen LogP contribution in [-0.2, 0) is 6.54 Å². The Morgan fingerprint density at radius 3 is 2.63 bits per heavy atom. The average molecular weight is 336 g/mol. The second kappa shape index (κ2) is 6.12. The zero-order valence-corrected chi connectivity index (χ0v) is 12.9. The van der Waals surface area contributed by atoms with Crippen molar-refractivity contribution in [3.05, 3.63) is 58.3 Å². The lowest BCUT2D eigenvalue weighted by molar-refractivity contribution is 0.915. The Hall–Kier alpha value is -1.46. The summed E-state index contributed by atoms with van der Waals surface area (Å²) in [6, 6.07) is 12.1. The van der Waals surface area contributed by atoms with Crippen molar-refractivity contribution in [3.63, 3.8) is 0 Å². The summed E-state index contributed by atoms with van der Waals surface area (Å²) < 4.78 is 1.07. The van der Waals surface area contributed by atoms with Crippen LogP contribution in [0, 0.1) is 0 Å². The Kier molecular flexibility index (Phi) is 4.50. The van der Waals surface area contributed by atoms with Crippen LogP contribution in [0.25, 0.3) is 0 Å². The van der Waals surface area contributed by atoms with Crippen molar-refractivity contribution in [2.75, 3.05) is 11.9 Å². The molecule has 1 aromatic carbocycles. The monoisotopic (exact) mass is 335 g/mol. The van der Waals surface area contributed by atoms with Crippen molar-refractivity contribution >= 4 is 38.8 Å². The number of nitrogens with zero attached hydrogens (tertiary/aromatic N) is 2. The third kappa shape index (κ3) is 3.52. The first-order chi connectivity index (χ1) is 9.08. The van der Waals surface area contributed by atoms with E-state index in [0.717, 1.165) is 16.7 Å². The molecule has 2 rings (SSSR count). The molecule has 2 N–H and O–H groups in total. The molecule has 0 saturated heterocycles. The fraction of sp³-hybridized carbons (Fsp3) is 0.143. The van der Waals surface area contributed by atoms with E-state index in [4.69, 9.17) is 18.0 Å². The second-order valence-electron chi connectivity index (χ2n) is 4.22. The lowest BCUT2D eigenvalue weighted by Gasteiger charge is -2.21. The highest BCUT2D eigenvalue weighted by Gasteiger charge is 2.10. The van der Waals surface area contributed by atoms with Crippen molar-refractivity contribution in [2.24, 2.45) is 5.73 Å². The number of aromatic nitrogens is 1. The molecule has 0 atom stereocenters. The second-order valence-corrected chi connectivity index (χ2v) is 5.57. The van der Waals surface area contributed by atoms with Gasteiger partial charge >= 0.3 is 0 Å². The summed E-state index contributed by atoms with van der Waals surface area (Å²) in [5, 5.41) is 0. The molecule has 98 valence electrons. The van der Waals surface area contributed by atoms with E-state index >= 15 is 0 Å². The van der Waals surface area contributed by atoms with Crippen molar-refractivity contribution in [3.8, 4) is 0 Å². The van der Waals surface area contributed by atoms with Gasteiger partial charge in [-0.25, -0.2) is 0 Å². The third-order valence-corrected chi connectivity index (χ3v) is 3.49. The Labute approximate surface area is 126 Å². The molecular weight excluding hydrogens is 322 g/mol. The van der Waals surface area contributed by atoms with Gasteiger partial charge in [-0.1, -0.05) is 40.3 Å². The number of thiocarbonyl (C=S) groups is 1. The molecule has 0 aliphatic rings. The molecule has 0 amide bonds. The van der Waals surface area contributed by atoms with Gasteiger partial charge in [0.05, 0.1) is 5.69 Å². The van der Waals surface area contributed by atoms with Crippen LogP contribution in [0.1, 0.15) is 11.3 Å². The van der Waals surface area contributed by atoms with E-state index in [2.05, 4.69) is 37.9 Å². The molecule has 19 heavy (non-hydrogen) atoms. The Bertz CT molecular complexity index is 583. The van der Waals surface area contributed by atoms with E-state index < -0.39 is 0 Å². The SMILES string of the molecule is CN(Cc1ccc(Br)cc1)c1cccnc1C(N)=S. The molecule has 0 saturated carbocycles. The summed E-state index contributed by atoms with van der Waals surface area (Å²) >= 11 is 8.46. The average Bonchev–Trinajstić information content (AvgIpc) is 2.41. The van der Waals surface area contributed by atoms with Gasteiger partial charge in [0.25, 0.3) is 0 Å². The predicted molar refractivity (Wildman–Crippen MR) is 86.4 cm³/mol. The molecule has 1 heterocycles. The van der Waals surface area contributed by atoms with Crippen molar-refractivity contribution in [1.29, 1.82) is 0 Å². The van der Waals surface area contributed by atoms with Crippen LogP contribution in [-0.4, -0.2) is 17.0 Å². The molecule has 0 fully saturated rings. The number of nitrogens with two attached hydrogens (primary N) is 1. The van der Waals surface area contributed by atoms with Crippen LogP contribution in [0.15, 0.2) is 47.1 Å². The minimum absolute atomic E-state index is 0.318. The third-order valence-electron chi connectivity index (χ3n) is 2.76. The highest BCUT2D eigenvalue weighted by atomic mass is 79.9. The maximum Gasteiger partial charge on any atom is 0.124 e. The molecule has 1 aromatic heterocycles. The van der Waals surface area contributed by atoms with E-state index in [-0.39, 0.29) is 0 Å². The van der Waals surface area contributed by atoms with Crippen molar-refractivity contribution < 1.29 is 0 Å². The molecule has 0 radical (unpaired) electrons. The fourth-order valence-electron chi connectivity index (χ4n) is 1.84. The van der Waals surface area contributed by atoms with Crippen LogP contribution >= 0.6 is 28.1 Å². The Morgan fingerprint density at radius 1 is 1.32 bits per heavy atom. The molecule has 2 aromatic rings. The largest absolute Gasteiger partial charge is 0.388 e. The molecule has 0 aliphatic carbocycles. The number of hydrogen-bond acceptors (Lipinski definition) is 3. The van der Waals surface area contributed by atoms with Gasteiger partial charge in [0.15, 0.2) is 0 Å². The van der Waals surface area contributed by atoms with Crippen LogP contribution in [0.3, 0.4) is 0 Å². The van der Waals surface area contributed by atoms with E-state index in [0.29, 0.717) is 10.7 Å². The van der Waals surface area contributed by atoms with Gasteiger partial charge in [-0.05, 0) is 29.8 Å². The smallest absolute Gasteiger partial charge is 0.124 e. The van der Waals surface area contributed by atoms with Crippen LogP contribution in [0.5, 0.6) is 0 Å². The fourth-order valence-corrected chi connectivity index (χ4v) is 2.27. The summed E-state index contributed by atoms with van der Waals surface area (Å²) in [7, 11) is 2.00. The summed E-state index contributed by atoms with van der Waals surface area (Å²) in [5.41, 5.74) is 8.52. The first-order valence-electron chi connectivity index (χ1n) is 5.78. The summed E-state index contributed by atoms with van der Waals surface area (Å²) in [6.45, 7) is 0.772. The van der Waals surface area contributed by atoms with E-state index in [1.165, 1.54) is 5.56 Å². The van der Waals surface area contributed by atoms with E-state index in [1.54, 1.807) is 6.20 Å². The number of pyridine rings is 1. The molecule has 0 aliphatic heterocycles. The lowest BCUT2D eigenvalue weighted by Crippen LogP contribution is -2.22. The Morgan fingerprint density at radius 2 is 2.00 bits per heavy atom. The van der Waals surface area contributed by atoms with Gasteiger partial charge < -0.3 is 10.6 Å². The highest BCUT2D eigenvalue weighted by molar-refractivity contribution is 9.10. The van der Waals surface area contributed by atoms with Gasteiger partial charge in [0.2, 0.25) is 0 Å². The van der Waals surface area contributed by atoms with Crippen LogP contribution in [0.4, 0.5) is 5.69 Å². The van der Waals surface area contributed by atoms with Gasteiger partial charge in [0.1, 0.15) is 10.7 Å². The zero-order valence-electron chi connectivity index (χ0n) is 10.5. The minimum atomic E-state index is 0.318. The quantitative estimate of drug-likeness (QED) is 0.871. The molecule has 0 bridgehead atoms. The first kappa shape index (κ1) is 14.0. The van der Waals surface area contributed by atoms with Gasteiger partial charge in [-0.2, -0.15) is 0 Å². The number of anilines is 1. The van der Waals surface area contributed by atoms with Gasteiger partial charge in [-0.3, -0.25) is 4.98 Å². The molecule has 0 spiro atoms. The van der Waals surface area contributed by atoms with Crippen LogP contribution < -0.4 is 10.6 Å². The zero-order chi connectivity index (χ0) is 13.8. The van der Waals surface area contributed by atoms with Crippen molar-refractivity contribution in [2.45, 2.75) is 6.54 Å². The molecule has 5 heteroatoms. The number of hydrogen-bond donors (Lipinski definition) is 1. The highest BCUT2D eigenvalue weighted by Crippen LogP contribution is 2.20. The minimum Gasteiger partial charge on any atom is -0.388 e. The maximum atomic E-state index is 5.70. The lowest BCUT2D eigenvalue weighted by atomic mass is 10.2. The molecule has 0 unspecified atom stereocenters.